The summed E-state index contributed by atoms with van der Waals surface area (Å²) in [5.74, 6) is 1.39. The lowest BCUT2D eigenvalue weighted by Gasteiger charge is -2.36. The molecule has 1 amide bonds. The van der Waals surface area contributed by atoms with Gasteiger partial charge < -0.3 is 20.0 Å². The molecule has 1 aliphatic carbocycles. The number of fused-ring (bicyclic) bond motifs is 1. The van der Waals surface area contributed by atoms with Crippen molar-refractivity contribution >= 4 is 28.2 Å². The van der Waals surface area contributed by atoms with Crippen LogP contribution >= 0.6 is 0 Å². The highest BCUT2D eigenvalue weighted by atomic mass is 16.3. The van der Waals surface area contributed by atoms with E-state index in [4.69, 9.17) is 9.97 Å². The molecule has 0 saturated carbocycles. The van der Waals surface area contributed by atoms with Crippen molar-refractivity contribution in [2.45, 2.75) is 45.6 Å². The largest absolute Gasteiger partial charge is 0.508 e. The number of aromatic nitrogens is 2. The van der Waals surface area contributed by atoms with E-state index >= 15 is 0 Å². The molecule has 2 N–H and O–H groups in total. The zero-order valence-corrected chi connectivity index (χ0v) is 18.2. The predicted octanol–water partition coefficient (Wildman–Crippen LogP) is 3.37. The molecule has 1 fully saturated rings. The van der Waals surface area contributed by atoms with Crippen LogP contribution in [0.25, 0.3) is 16.5 Å². The third-order valence-corrected chi connectivity index (χ3v) is 5.94. The Morgan fingerprint density at radius 2 is 1.87 bits per heavy atom. The highest BCUT2D eigenvalue weighted by Crippen LogP contribution is 2.31. The molecule has 7 nitrogen and oxygen atoms in total. The topological polar surface area (TPSA) is 89.8 Å². The van der Waals surface area contributed by atoms with Gasteiger partial charge in [0, 0.05) is 31.6 Å². The molecular formula is C24H30N4O3. The fourth-order valence-electron chi connectivity index (χ4n) is 4.20. The van der Waals surface area contributed by atoms with Crippen molar-refractivity contribution in [3.8, 4) is 0 Å². The number of hydrogen-bond acceptors (Lipinski definition) is 6. The van der Waals surface area contributed by atoms with Gasteiger partial charge in [0.25, 0.3) is 5.91 Å². The predicted molar refractivity (Wildman–Crippen MR) is 122 cm³/mol. The zero-order chi connectivity index (χ0) is 22.0. The number of hydrogen-bond donors (Lipinski definition) is 2. The Hall–Kier alpha value is -2.93. The number of piperazine rings is 1. The molecule has 2 aliphatic rings. The van der Waals surface area contributed by atoms with Gasteiger partial charge in [0.05, 0.1) is 11.1 Å². The number of carbonyl (C=O) groups excluding carboxylic acids is 1. The molecule has 1 saturated heterocycles. The number of aliphatic hydroxyl groups is 2. The third kappa shape index (κ3) is 4.42. The second-order valence-electron chi connectivity index (χ2n) is 8.29. The van der Waals surface area contributed by atoms with Gasteiger partial charge in [-0.05, 0) is 50.0 Å². The minimum Gasteiger partial charge on any atom is -0.508 e. The molecule has 0 bridgehead atoms. The Morgan fingerprint density at radius 3 is 2.58 bits per heavy atom. The molecule has 1 aromatic heterocycles. The Labute approximate surface area is 182 Å². The van der Waals surface area contributed by atoms with Crippen LogP contribution in [-0.2, 0) is 4.79 Å². The van der Waals surface area contributed by atoms with Gasteiger partial charge in [0.15, 0.2) is 5.82 Å². The van der Waals surface area contributed by atoms with Crippen LogP contribution < -0.4 is 4.90 Å². The summed E-state index contributed by atoms with van der Waals surface area (Å²) >= 11 is 0. The molecule has 164 valence electrons. The summed E-state index contributed by atoms with van der Waals surface area (Å²) in [5, 5.41) is 21.4. The lowest BCUT2D eigenvalue weighted by Crippen LogP contribution is -2.51. The Morgan fingerprint density at radius 1 is 1.13 bits per heavy atom. The Balaban J connectivity index is 1.64. The number of carbonyl (C=O) groups is 1. The van der Waals surface area contributed by atoms with Gasteiger partial charge in [-0.3, -0.25) is 4.79 Å². The van der Waals surface area contributed by atoms with E-state index in [1.54, 1.807) is 4.90 Å². The van der Waals surface area contributed by atoms with Crippen LogP contribution in [0.3, 0.4) is 0 Å². The first-order valence-corrected chi connectivity index (χ1v) is 11.1. The fourth-order valence-corrected chi connectivity index (χ4v) is 4.20. The minimum atomic E-state index is -0.918. The number of aryl methyl sites for hydroxylation is 1. The van der Waals surface area contributed by atoms with Crippen LogP contribution in [0, 0.1) is 6.92 Å². The van der Waals surface area contributed by atoms with Crippen molar-refractivity contribution < 1.29 is 15.0 Å². The highest BCUT2D eigenvalue weighted by molar-refractivity contribution is 5.92. The van der Waals surface area contributed by atoms with Crippen molar-refractivity contribution in [1.82, 2.24) is 14.9 Å². The van der Waals surface area contributed by atoms with Crippen LogP contribution in [0.5, 0.6) is 0 Å². The lowest BCUT2D eigenvalue weighted by atomic mass is 10.0. The first-order valence-electron chi connectivity index (χ1n) is 11.1. The maximum atomic E-state index is 12.5. The highest BCUT2D eigenvalue weighted by Gasteiger charge is 2.27. The van der Waals surface area contributed by atoms with E-state index in [0.29, 0.717) is 44.0 Å². The smallest absolute Gasteiger partial charge is 0.251 e. The first-order chi connectivity index (χ1) is 15.0. The number of benzene rings is 1. The van der Waals surface area contributed by atoms with Gasteiger partial charge in [-0.15, -0.1) is 0 Å². The Kier molecular flexibility index (Phi) is 6.23. The fraction of sp³-hybridized carbons (Fsp3) is 0.458. The van der Waals surface area contributed by atoms with Gasteiger partial charge in [-0.2, -0.15) is 0 Å². The average molecular weight is 423 g/mol. The molecule has 2 aromatic rings. The third-order valence-electron chi connectivity index (χ3n) is 5.94. The van der Waals surface area contributed by atoms with Crippen LogP contribution in [0.4, 0.5) is 5.82 Å². The standard InChI is InChI=1S/C24H30N4O3/c1-3-6-21(30)24(31)28-13-11-27(12-14-28)23-17-10-9-16(2)15-19(17)25-22(26-23)18-7-4-5-8-20(18)29/h7-10,15,21,29-30H,3-6,11-14H2,1-2H3. The average Bonchev–Trinajstić information content (AvgIpc) is 2.78. The maximum absolute atomic E-state index is 12.5. The number of anilines is 1. The Bertz CT molecular complexity index is 1040. The second-order valence-corrected chi connectivity index (χ2v) is 8.29. The molecule has 0 radical (unpaired) electrons. The molecule has 1 aliphatic heterocycles. The molecule has 7 heteroatoms. The molecule has 31 heavy (non-hydrogen) atoms. The van der Waals surface area contributed by atoms with E-state index in [1.165, 1.54) is 0 Å². The normalized spacial score (nSPS) is 18.0. The lowest BCUT2D eigenvalue weighted by molar-refractivity contribution is -0.140. The number of rotatable bonds is 5. The van der Waals surface area contributed by atoms with E-state index < -0.39 is 6.10 Å². The summed E-state index contributed by atoms with van der Waals surface area (Å²) in [6, 6.07) is 6.12. The van der Waals surface area contributed by atoms with E-state index in [2.05, 4.69) is 4.90 Å². The van der Waals surface area contributed by atoms with Crippen LogP contribution in [0.2, 0.25) is 0 Å². The number of aliphatic hydroxyl groups excluding tert-OH is 2. The van der Waals surface area contributed by atoms with E-state index in [-0.39, 0.29) is 11.7 Å². The van der Waals surface area contributed by atoms with E-state index in [9.17, 15) is 15.0 Å². The quantitative estimate of drug-likeness (QED) is 0.768. The molecule has 2 heterocycles. The molecule has 1 aromatic carbocycles. The van der Waals surface area contributed by atoms with Crippen LogP contribution in [0.15, 0.2) is 36.1 Å². The van der Waals surface area contributed by atoms with Gasteiger partial charge in [-0.25, -0.2) is 9.97 Å². The monoisotopic (exact) mass is 422 g/mol. The second kappa shape index (κ2) is 9.06. The van der Waals surface area contributed by atoms with E-state index in [1.807, 2.05) is 44.2 Å². The van der Waals surface area contributed by atoms with Gasteiger partial charge in [0.1, 0.15) is 17.7 Å². The summed E-state index contributed by atoms with van der Waals surface area (Å²) in [6.07, 6.45) is 5.81. The zero-order valence-electron chi connectivity index (χ0n) is 18.2. The van der Waals surface area contributed by atoms with Crippen molar-refractivity contribution in [2.24, 2.45) is 0 Å². The maximum Gasteiger partial charge on any atom is 0.251 e. The van der Waals surface area contributed by atoms with E-state index in [0.717, 1.165) is 41.5 Å². The SMILES string of the molecule is CCCC(O)C(=O)N1CCN(c2nc(C3=CCCC=C3O)nc3cc(C)ccc23)CC1. The summed E-state index contributed by atoms with van der Waals surface area (Å²) in [5.41, 5.74) is 2.63. The first kappa shape index (κ1) is 21.3. The van der Waals surface area contributed by atoms with Crippen molar-refractivity contribution in [3.05, 3.63) is 47.5 Å². The molecule has 4 rings (SSSR count). The molecular weight excluding hydrogens is 392 g/mol. The molecule has 1 atom stereocenters. The van der Waals surface area contributed by atoms with Gasteiger partial charge in [0.2, 0.25) is 0 Å². The van der Waals surface area contributed by atoms with Crippen LogP contribution in [-0.4, -0.2) is 63.3 Å². The molecule has 1 unspecified atom stereocenters. The van der Waals surface area contributed by atoms with Crippen LogP contribution in [0.1, 0.15) is 44.0 Å². The van der Waals surface area contributed by atoms with Gasteiger partial charge >= 0.3 is 0 Å². The summed E-state index contributed by atoms with van der Waals surface area (Å²) in [6.45, 7) is 6.34. The number of amides is 1. The van der Waals surface area contributed by atoms with Crippen molar-refractivity contribution in [3.63, 3.8) is 0 Å². The van der Waals surface area contributed by atoms with Crippen molar-refractivity contribution in [1.29, 1.82) is 0 Å². The van der Waals surface area contributed by atoms with Gasteiger partial charge in [-0.1, -0.05) is 25.5 Å². The number of nitrogens with zero attached hydrogens (tertiary/aromatic N) is 4. The number of allylic oxidation sites excluding steroid dienone is 3. The summed E-state index contributed by atoms with van der Waals surface area (Å²) in [4.78, 5) is 26.0. The minimum absolute atomic E-state index is 0.187. The molecule has 0 spiro atoms. The summed E-state index contributed by atoms with van der Waals surface area (Å²) in [7, 11) is 0. The summed E-state index contributed by atoms with van der Waals surface area (Å²) < 4.78 is 0. The van der Waals surface area contributed by atoms with Crippen molar-refractivity contribution in [2.75, 3.05) is 31.1 Å².